The number of amides is 1. The number of furan rings is 1. The maximum Gasteiger partial charge on any atom is 0.237 e. The minimum absolute atomic E-state index is 0.137. The third kappa shape index (κ3) is 4.21. The predicted octanol–water partition coefficient (Wildman–Crippen LogP) is 3.05. The molecule has 1 aromatic carbocycles. The first-order valence-electron chi connectivity index (χ1n) is 7.68. The molecule has 7 nitrogen and oxygen atoms in total. The molecule has 2 aromatic heterocycles. The first-order chi connectivity index (χ1) is 12.2. The molecule has 0 saturated heterocycles. The van der Waals surface area contributed by atoms with Crippen LogP contribution in [0.3, 0.4) is 0 Å². The second-order valence-electron chi connectivity index (χ2n) is 5.27. The molecule has 3 rings (SSSR count). The highest BCUT2D eigenvalue weighted by Crippen LogP contribution is 2.26. The van der Waals surface area contributed by atoms with Crippen LogP contribution in [0.5, 0.6) is 5.75 Å². The number of hydrogen-bond acceptors (Lipinski definition) is 6. The summed E-state index contributed by atoms with van der Waals surface area (Å²) < 4.78 is 12.4. The number of carbonyl (C=O) groups is 1. The molecule has 1 atom stereocenters. The van der Waals surface area contributed by atoms with E-state index < -0.39 is 0 Å². The zero-order chi connectivity index (χ0) is 17.6. The van der Waals surface area contributed by atoms with Gasteiger partial charge in [0, 0.05) is 0 Å². The van der Waals surface area contributed by atoms with E-state index in [9.17, 15) is 4.79 Å². The van der Waals surface area contributed by atoms with Crippen LogP contribution in [0.2, 0.25) is 0 Å². The molecule has 0 saturated carbocycles. The highest BCUT2D eigenvalue weighted by atomic mass is 32.2. The van der Waals surface area contributed by atoms with Crippen molar-refractivity contribution in [3.05, 3.63) is 54.7 Å². The normalized spacial score (nSPS) is 11.9. The van der Waals surface area contributed by atoms with Gasteiger partial charge in [0.15, 0.2) is 5.16 Å². The Kier molecular flexibility index (Phi) is 5.39. The molecule has 1 amide bonds. The van der Waals surface area contributed by atoms with Crippen molar-refractivity contribution in [2.75, 3.05) is 12.4 Å². The second-order valence-corrected chi connectivity index (χ2v) is 6.58. The molecule has 0 aliphatic heterocycles. The third-order valence-electron chi connectivity index (χ3n) is 3.50. The van der Waals surface area contributed by atoms with Crippen molar-refractivity contribution in [3.63, 3.8) is 0 Å². The Morgan fingerprint density at radius 3 is 2.96 bits per heavy atom. The van der Waals surface area contributed by atoms with Crippen LogP contribution in [0.25, 0.3) is 0 Å². The number of anilines is 1. The van der Waals surface area contributed by atoms with Crippen molar-refractivity contribution in [3.8, 4) is 5.75 Å². The monoisotopic (exact) mass is 358 g/mol. The van der Waals surface area contributed by atoms with Crippen LogP contribution in [0.4, 0.5) is 5.69 Å². The minimum atomic E-state index is -0.357. The van der Waals surface area contributed by atoms with Crippen LogP contribution in [-0.2, 0) is 11.3 Å². The van der Waals surface area contributed by atoms with E-state index in [1.807, 2.05) is 35.8 Å². The Hall–Kier alpha value is -2.74. The second kappa shape index (κ2) is 7.89. The zero-order valence-electron chi connectivity index (χ0n) is 13.9. The van der Waals surface area contributed by atoms with E-state index in [0.29, 0.717) is 23.1 Å². The third-order valence-corrected chi connectivity index (χ3v) is 4.60. The molecular formula is C17H18N4O3S. The number of rotatable bonds is 7. The minimum Gasteiger partial charge on any atom is -0.495 e. The number of carbonyl (C=O) groups excluding carboxylic acids is 1. The fraction of sp³-hybridized carbons (Fsp3) is 0.235. The number of aromatic nitrogens is 3. The number of thioether (sulfide) groups is 1. The van der Waals surface area contributed by atoms with Gasteiger partial charge in [-0.2, -0.15) is 0 Å². The summed E-state index contributed by atoms with van der Waals surface area (Å²) in [5.74, 6) is 1.28. The van der Waals surface area contributed by atoms with Gasteiger partial charge in [-0.15, -0.1) is 10.2 Å². The van der Waals surface area contributed by atoms with Crippen LogP contribution >= 0.6 is 11.8 Å². The SMILES string of the molecule is COc1ccccc1NC(=O)[C@H](C)Sc1nncn1Cc1ccco1. The van der Waals surface area contributed by atoms with Gasteiger partial charge in [0.25, 0.3) is 0 Å². The summed E-state index contributed by atoms with van der Waals surface area (Å²) >= 11 is 1.33. The molecule has 0 bridgehead atoms. The molecule has 0 aliphatic rings. The van der Waals surface area contributed by atoms with Crippen LogP contribution in [-0.4, -0.2) is 33.0 Å². The number of ether oxygens (including phenoxy) is 1. The van der Waals surface area contributed by atoms with Gasteiger partial charge in [-0.1, -0.05) is 23.9 Å². The number of nitrogens with zero attached hydrogens (tertiary/aromatic N) is 3. The molecule has 130 valence electrons. The van der Waals surface area contributed by atoms with Gasteiger partial charge < -0.3 is 19.0 Å². The molecule has 0 fully saturated rings. The van der Waals surface area contributed by atoms with E-state index in [0.717, 1.165) is 5.76 Å². The van der Waals surface area contributed by atoms with Crippen molar-refractivity contribution in [2.24, 2.45) is 0 Å². The predicted molar refractivity (Wildman–Crippen MR) is 94.8 cm³/mol. The molecule has 2 heterocycles. The van der Waals surface area contributed by atoms with Crippen molar-refractivity contribution in [2.45, 2.75) is 23.9 Å². The van der Waals surface area contributed by atoms with Gasteiger partial charge in [0.2, 0.25) is 5.91 Å². The quantitative estimate of drug-likeness (QED) is 0.654. The molecule has 25 heavy (non-hydrogen) atoms. The highest BCUT2D eigenvalue weighted by Gasteiger charge is 2.19. The van der Waals surface area contributed by atoms with E-state index in [1.54, 1.807) is 31.8 Å². The highest BCUT2D eigenvalue weighted by molar-refractivity contribution is 8.00. The number of hydrogen-bond donors (Lipinski definition) is 1. The summed E-state index contributed by atoms with van der Waals surface area (Å²) in [6, 6.07) is 11.0. The summed E-state index contributed by atoms with van der Waals surface area (Å²) in [7, 11) is 1.57. The standard InChI is InChI=1S/C17H18N4O3S/c1-12(16(22)19-14-7-3-4-8-15(14)23-2)25-17-20-18-11-21(17)10-13-6-5-9-24-13/h3-9,11-12H,10H2,1-2H3,(H,19,22)/t12-/m0/s1. The van der Waals surface area contributed by atoms with Gasteiger partial charge in [-0.3, -0.25) is 4.79 Å². The van der Waals surface area contributed by atoms with Gasteiger partial charge in [0.1, 0.15) is 17.8 Å². The van der Waals surface area contributed by atoms with Crippen LogP contribution in [0, 0.1) is 0 Å². The maximum atomic E-state index is 12.5. The lowest BCUT2D eigenvalue weighted by Gasteiger charge is -2.14. The fourth-order valence-corrected chi connectivity index (χ4v) is 3.03. The number of benzene rings is 1. The molecule has 0 aliphatic carbocycles. The van der Waals surface area contributed by atoms with Crippen molar-refractivity contribution in [1.82, 2.24) is 14.8 Å². The van der Waals surface area contributed by atoms with Crippen molar-refractivity contribution in [1.29, 1.82) is 0 Å². The molecule has 8 heteroatoms. The van der Waals surface area contributed by atoms with E-state index in [-0.39, 0.29) is 11.2 Å². The van der Waals surface area contributed by atoms with Crippen LogP contribution in [0.1, 0.15) is 12.7 Å². The summed E-state index contributed by atoms with van der Waals surface area (Å²) in [6.45, 7) is 2.34. The van der Waals surface area contributed by atoms with Gasteiger partial charge in [-0.25, -0.2) is 0 Å². The zero-order valence-corrected chi connectivity index (χ0v) is 14.7. The summed E-state index contributed by atoms with van der Waals surface area (Å²) in [5, 5.41) is 11.2. The average Bonchev–Trinajstić information content (AvgIpc) is 3.28. The molecule has 0 radical (unpaired) electrons. The van der Waals surface area contributed by atoms with Gasteiger partial charge >= 0.3 is 0 Å². The summed E-state index contributed by atoms with van der Waals surface area (Å²) in [5.41, 5.74) is 0.638. The fourth-order valence-electron chi connectivity index (χ4n) is 2.21. The average molecular weight is 358 g/mol. The lowest BCUT2D eigenvalue weighted by atomic mass is 10.3. The van der Waals surface area contributed by atoms with E-state index >= 15 is 0 Å². The van der Waals surface area contributed by atoms with Gasteiger partial charge in [0.05, 0.1) is 30.9 Å². The molecule has 0 spiro atoms. The van der Waals surface area contributed by atoms with Crippen LogP contribution < -0.4 is 10.1 Å². The first kappa shape index (κ1) is 17.1. The Balaban J connectivity index is 1.65. The lowest BCUT2D eigenvalue weighted by Crippen LogP contribution is -2.23. The Labute approximate surface area is 149 Å². The van der Waals surface area contributed by atoms with Gasteiger partial charge in [-0.05, 0) is 31.2 Å². The number of para-hydroxylation sites is 2. The summed E-state index contributed by atoms with van der Waals surface area (Å²) in [6.07, 6.45) is 3.24. The largest absolute Gasteiger partial charge is 0.495 e. The maximum absolute atomic E-state index is 12.5. The lowest BCUT2D eigenvalue weighted by molar-refractivity contribution is -0.115. The molecule has 3 aromatic rings. The number of nitrogens with one attached hydrogen (secondary N) is 1. The molecular weight excluding hydrogens is 340 g/mol. The van der Waals surface area contributed by atoms with E-state index in [2.05, 4.69) is 15.5 Å². The molecule has 1 N–H and O–H groups in total. The van der Waals surface area contributed by atoms with E-state index in [4.69, 9.17) is 9.15 Å². The Morgan fingerprint density at radius 1 is 1.36 bits per heavy atom. The first-order valence-corrected chi connectivity index (χ1v) is 8.56. The topological polar surface area (TPSA) is 82.2 Å². The van der Waals surface area contributed by atoms with Crippen LogP contribution in [0.15, 0.2) is 58.6 Å². The molecule has 0 unspecified atom stereocenters. The number of methoxy groups -OCH3 is 1. The van der Waals surface area contributed by atoms with Crippen molar-refractivity contribution < 1.29 is 13.9 Å². The van der Waals surface area contributed by atoms with E-state index in [1.165, 1.54) is 11.8 Å². The summed E-state index contributed by atoms with van der Waals surface area (Å²) in [4.78, 5) is 12.5. The van der Waals surface area contributed by atoms with Crippen molar-refractivity contribution >= 4 is 23.4 Å². The Morgan fingerprint density at radius 2 is 2.20 bits per heavy atom. The Bertz CT molecular complexity index is 832. The smallest absolute Gasteiger partial charge is 0.237 e.